The standard InChI is InChI=1S/C13H26N2O/c1-9(2)8-11(5)14-12-6-7-15(10(3)4)13(12)16/h9-12,14H,6-8H2,1-5H3. The van der Waals surface area contributed by atoms with Crippen LogP contribution >= 0.6 is 0 Å². The van der Waals surface area contributed by atoms with Crippen LogP contribution in [0, 0.1) is 5.92 Å². The van der Waals surface area contributed by atoms with Crippen LogP contribution in [0.2, 0.25) is 0 Å². The van der Waals surface area contributed by atoms with Crippen molar-refractivity contribution in [3.63, 3.8) is 0 Å². The zero-order valence-corrected chi connectivity index (χ0v) is 11.3. The number of amides is 1. The second kappa shape index (κ2) is 5.67. The van der Waals surface area contributed by atoms with Gasteiger partial charge in [0.15, 0.2) is 0 Å². The molecule has 1 N–H and O–H groups in total. The molecule has 0 radical (unpaired) electrons. The lowest BCUT2D eigenvalue weighted by Crippen LogP contribution is -2.44. The molecule has 1 amide bonds. The minimum Gasteiger partial charge on any atom is -0.339 e. The van der Waals surface area contributed by atoms with Crippen LogP contribution in [0.4, 0.5) is 0 Å². The van der Waals surface area contributed by atoms with Crippen molar-refractivity contribution in [3.8, 4) is 0 Å². The number of carbonyl (C=O) groups excluding carboxylic acids is 1. The van der Waals surface area contributed by atoms with Crippen molar-refractivity contribution in [2.24, 2.45) is 5.92 Å². The van der Waals surface area contributed by atoms with E-state index in [9.17, 15) is 4.79 Å². The molecule has 0 aromatic heterocycles. The zero-order chi connectivity index (χ0) is 12.3. The lowest BCUT2D eigenvalue weighted by atomic mass is 10.0. The molecule has 2 atom stereocenters. The first-order valence-corrected chi connectivity index (χ1v) is 6.48. The molecular formula is C13H26N2O. The van der Waals surface area contributed by atoms with Gasteiger partial charge in [-0.05, 0) is 39.5 Å². The van der Waals surface area contributed by atoms with Gasteiger partial charge in [0.1, 0.15) is 0 Å². The largest absolute Gasteiger partial charge is 0.339 e. The molecule has 2 unspecified atom stereocenters. The van der Waals surface area contributed by atoms with Gasteiger partial charge in [0.2, 0.25) is 5.91 Å². The quantitative estimate of drug-likeness (QED) is 0.778. The number of likely N-dealkylation sites (tertiary alicyclic amines) is 1. The van der Waals surface area contributed by atoms with E-state index in [4.69, 9.17) is 0 Å². The van der Waals surface area contributed by atoms with E-state index < -0.39 is 0 Å². The van der Waals surface area contributed by atoms with Gasteiger partial charge in [0.05, 0.1) is 6.04 Å². The highest BCUT2D eigenvalue weighted by Gasteiger charge is 2.33. The summed E-state index contributed by atoms with van der Waals surface area (Å²) in [6, 6.07) is 0.817. The lowest BCUT2D eigenvalue weighted by Gasteiger charge is -2.23. The molecule has 1 aliphatic heterocycles. The van der Waals surface area contributed by atoms with Crippen molar-refractivity contribution in [2.45, 2.75) is 65.6 Å². The van der Waals surface area contributed by atoms with E-state index >= 15 is 0 Å². The highest BCUT2D eigenvalue weighted by Crippen LogP contribution is 2.16. The third kappa shape index (κ3) is 3.48. The molecular weight excluding hydrogens is 200 g/mol. The number of hydrogen-bond donors (Lipinski definition) is 1. The van der Waals surface area contributed by atoms with Crippen molar-refractivity contribution < 1.29 is 4.79 Å². The third-order valence-corrected chi connectivity index (χ3v) is 3.17. The predicted octanol–water partition coefficient (Wildman–Crippen LogP) is 2.02. The van der Waals surface area contributed by atoms with Crippen LogP contribution in [0.1, 0.15) is 47.5 Å². The minimum atomic E-state index is 0.0520. The van der Waals surface area contributed by atoms with E-state index in [1.165, 1.54) is 0 Å². The number of nitrogens with zero attached hydrogens (tertiary/aromatic N) is 1. The maximum absolute atomic E-state index is 12.0. The van der Waals surface area contributed by atoms with Crippen molar-refractivity contribution in [1.29, 1.82) is 0 Å². The van der Waals surface area contributed by atoms with Crippen LogP contribution in [0.15, 0.2) is 0 Å². The molecule has 94 valence electrons. The van der Waals surface area contributed by atoms with Gasteiger partial charge in [0, 0.05) is 18.6 Å². The van der Waals surface area contributed by atoms with Gasteiger partial charge in [-0.3, -0.25) is 4.79 Å². The number of hydrogen-bond acceptors (Lipinski definition) is 2. The summed E-state index contributed by atoms with van der Waals surface area (Å²) in [5.74, 6) is 0.964. The van der Waals surface area contributed by atoms with Gasteiger partial charge in [-0.15, -0.1) is 0 Å². The topological polar surface area (TPSA) is 32.3 Å². The molecule has 0 saturated carbocycles. The summed E-state index contributed by atoms with van der Waals surface area (Å²) < 4.78 is 0. The smallest absolute Gasteiger partial charge is 0.240 e. The van der Waals surface area contributed by atoms with Gasteiger partial charge < -0.3 is 10.2 Å². The summed E-state index contributed by atoms with van der Waals surface area (Å²) in [6.45, 7) is 11.7. The Balaban J connectivity index is 2.42. The fraction of sp³-hybridized carbons (Fsp3) is 0.923. The van der Waals surface area contributed by atoms with Crippen molar-refractivity contribution in [2.75, 3.05) is 6.54 Å². The second-order valence-electron chi connectivity index (χ2n) is 5.66. The van der Waals surface area contributed by atoms with Crippen LogP contribution < -0.4 is 5.32 Å². The molecule has 3 nitrogen and oxygen atoms in total. The normalized spacial score (nSPS) is 23.6. The summed E-state index contributed by atoms with van der Waals surface area (Å²) in [7, 11) is 0. The molecule has 0 spiro atoms. The highest BCUT2D eigenvalue weighted by molar-refractivity contribution is 5.84. The fourth-order valence-corrected chi connectivity index (χ4v) is 2.49. The molecule has 0 aromatic carbocycles. The summed E-state index contributed by atoms with van der Waals surface area (Å²) in [5.41, 5.74) is 0. The van der Waals surface area contributed by atoms with Gasteiger partial charge in [-0.1, -0.05) is 13.8 Å². The van der Waals surface area contributed by atoms with Gasteiger partial charge >= 0.3 is 0 Å². The Morgan fingerprint density at radius 2 is 1.94 bits per heavy atom. The molecule has 0 bridgehead atoms. The lowest BCUT2D eigenvalue weighted by molar-refractivity contribution is -0.130. The maximum Gasteiger partial charge on any atom is 0.240 e. The van der Waals surface area contributed by atoms with Gasteiger partial charge in [-0.25, -0.2) is 0 Å². The Morgan fingerprint density at radius 1 is 1.31 bits per heavy atom. The van der Waals surface area contributed by atoms with Crippen LogP contribution in [0.25, 0.3) is 0 Å². The van der Waals surface area contributed by atoms with E-state index in [0.717, 1.165) is 19.4 Å². The molecule has 1 heterocycles. The molecule has 16 heavy (non-hydrogen) atoms. The number of nitrogens with one attached hydrogen (secondary N) is 1. The Kier molecular flexibility index (Phi) is 4.78. The van der Waals surface area contributed by atoms with Gasteiger partial charge in [0.25, 0.3) is 0 Å². The first-order valence-electron chi connectivity index (χ1n) is 6.48. The molecule has 1 rings (SSSR count). The number of rotatable bonds is 5. The van der Waals surface area contributed by atoms with Crippen LogP contribution in [0.3, 0.4) is 0 Å². The van der Waals surface area contributed by atoms with E-state index in [0.29, 0.717) is 18.0 Å². The van der Waals surface area contributed by atoms with Crippen LogP contribution in [-0.4, -0.2) is 35.5 Å². The Labute approximate surface area is 99.6 Å². The van der Waals surface area contributed by atoms with Gasteiger partial charge in [-0.2, -0.15) is 0 Å². The monoisotopic (exact) mass is 226 g/mol. The van der Waals surface area contributed by atoms with Crippen molar-refractivity contribution >= 4 is 5.91 Å². The SMILES string of the molecule is CC(C)CC(C)NC1CCN(C(C)C)C1=O. The molecule has 0 aliphatic carbocycles. The first-order chi connectivity index (χ1) is 7.41. The van der Waals surface area contributed by atoms with Crippen molar-refractivity contribution in [1.82, 2.24) is 10.2 Å². The number of carbonyl (C=O) groups is 1. The summed E-state index contributed by atoms with van der Waals surface area (Å²) >= 11 is 0. The highest BCUT2D eigenvalue weighted by atomic mass is 16.2. The first kappa shape index (κ1) is 13.5. The molecule has 1 saturated heterocycles. The minimum absolute atomic E-state index is 0.0520. The van der Waals surface area contributed by atoms with Crippen molar-refractivity contribution in [3.05, 3.63) is 0 Å². The predicted molar refractivity (Wildman–Crippen MR) is 67.3 cm³/mol. The zero-order valence-electron chi connectivity index (χ0n) is 11.3. The summed E-state index contributed by atoms with van der Waals surface area (Å²) in [4.78, 5) is 14.0. The third-order valence-electron chi connectivity index (χ3n) is 3.17. The summed E-state index contributed by atoms with van der Waals surface area (Å²) in [6.07, 6.45) is 2.09. The van der Waals surface area contributed by atoms with E-state index in [2.05, 4.69) is 39.9 Å². The second-order valence-corrected chi connectivity index (χ2v) is 5.66. The van der Waals surface area contributed by atoms with E-state index in [1.807, 2.05) is 4.90 Å². The molecule has 1 fully saturated rings. The average Bonchev–Trinajstić information content (AvgIpc) is 2.46. The Hall–Kier alpha value is -0.570. The van der Waals surface area contributed by atoms with Crippen LogP contribution in [-0.2, 0) is 4.79 Å². The average molecular weight is 226 g/mol. The Morgan fingerprint density at radius 3 is 2.38 bits per heavy atom. The Bertz CT molecular complexity index is 238. The van der Waals surface area contributed by atoms with E-state index in [-0.39, 0.29) is 11.9 Å². The molecule has 1 aliphatic rings. The summed E-state index contributed by atoms with van der Waals surface area (Å²) in [5, 5.41) is 3.45. The maximum atomic E-state index is 12.0. The fourth-order valence-electron chi connectivity index (χ4n) is 2.49. The molecule has 3 heteroatoms. The van der Waals surface area contributed by atoms with E-state index in [1.54, 1.807) is 0 Å². The van der Waals surface area contributed by atoms with Crippen LogP contribution in [0.5, 0.6) is 0 Å². The molecule has 0 aromatic rings.